The minimum atomic E-state index is -5.04. The Labute approximate surface area is 263 Å². The summed E-state index contributed by atoms with van der Waals surface area (Å²) in [6.07, 6.45) is -3.92. The first-order valence-corrected chi connectivity index (χ1v) is 14.2. The van der Waals surface area contributed by atoms with Gasteiger partial charge in [-0.05, 0) is 48.7 Å². The summed E-state index contributed by atoms with van der Waals surface area (Å²) in [6, 6.07) is 5.17. The number of carbonyl (C=O) groups excluding carboxylic acids is 1. The van der Waals surface area contributed by atoms with E-state index in [1.807, 2.05) is 6.92 Å². The summed E-state index contributed by atoms with van der Waals surface area (Å²) in [4.78, 5) is 35.3. The molecule has 0 spiro atoms. The molecular weight excluding hydrogens is 636 g/mol. The molecule has 3 heterocycles. The molecule has 0 saturated carbocycles. The Hall–Kier alpha value is -5.22. The molecule has 1 aliphatic heterocycles. The summed E-state index contributed by atoms with van der Waals surface area (Å²) >= 11 is 0. The van der Waals surface area contributed by atoms with E-state index in [1.165, 1.54) is 46.5 Å². The molecular formula is C30H27F6N7O4. The number of aryl methyl sites for hydroxylation is 1. The lowest BCUT2D eigenvalue weighted by atomic mass is 10.0. The maximum atomic E-state index is 13.7. The molecule has 5 rings (SSSR count). The van der Waals surface area contributed by atoms with Gasteiger partial charge >= 0.3 is 18.4 Å². The number of ether oxygens (including phenoxy) is 1. The predicted octanol–water partition coefficient (Wildman–Crippen LogP) is 6.88. The van der Waals surface area contributed by atoms with Gasteiger partial charge in [0.1, 0.15) is 5.75 Å². The van der Waals surface area contributed by atoms with Gasteiger partial charge in [0.2, 0.25) is 5.95 Å². The number of nitro benzene ring substituents is 1. The number of anilines is 1. The average molecular weight is 664 g/mol. The number of aromatic nitrogens is 4. The third kappa shape index (κ3) is 7.61. The molecule has 17 heteroatoms. The molecule has 1 saturated heterocycles. The molecule has 248 valence electrons. The number of carbonyl (C=O) groups is 1. The maximum Gasteiger partial charge on any atom is 0.416 e. The third-order valence-electron chi connectivity index (χ3n) is 7.73. The van der Waals surface area contributed by atoms with Crippen LogP contribution in [0.15, 0.2) is 67.3 Å². The first-order chi connectivity index (χ1) is 22.1. The molecule has 2 atom stereocenters. The number of rotatable bonds is 8. The van der Waals surface area contributed by atoms with Gasteiger partial charge in [0.15, 0.2) is 0 Å². The molecule has 1 amide bonds. The van der Waals surface area contributed by atoms with E-state index >= 15 is 0 Å². The summed E-state index contributed by atoms with van der Waals surface area (Å²) in [5, 5.41) is 15.1. The maximum absolute atomic E-state index is 13.7. The topological polar surface area (TPSA) is 120 Å². The van der Waals surface area contributed by atoms with Crippen LogP contribution in [0.25, 0.3) is 11.1 Å². The van der Waals surface area contributed by atoms with Crippen LogP contribution in [-0.2, 0) is 25.9 Å². The first-order valence-electron chi connectivity index (χ1n) is 14.2. The van der Waals surface area contributed by atoms with E-state index in [-0.39, 0.29) is 42.0 Å². The van der Waals surface area contributed by atoms with Crippen LogP contribution in [0.1, 0.15) is 36.5 Å². The highest BCUT2D eigenvalue weighted by molar-refractivity contribution is 5.72. The van der Waals surface area contributed by atoms with Gasteiger partial charge in [0, 0.05) is 68.0 Å². The number of hydrogen-bond donors (Lipinski definition) is 0. The van der Waals surface area contributed by atoms with Gasteiger partial charge in [0.25, 0.3) is 5.69 Å². The molecule has 0 bridgehead atoms. The van der Waals surface area contributed by atoms with Crippen LogP contribution < -0.4 is 9.64 Å². The fraction of sp³-hybridized carbons (Fsp3) is 0.333. The number of amides is 1. The second-order valence-electron chi connectivity index (χ2n) is 10.9. The van der Waals surface area contributed by atoms with Crippen molar-refractivity contribution in [3.63, 3.8) is 0 Å². The van der Waals surface area contributed by atoms with E-state index in [0.717, 1.165) is 0 Å². The van der Waals surface area contributed by atoms with E-state index < -0.39 is 53.1 Å². The Balaban J connectivity index is 1.48. The highest BCUT2D eigenvalue weighted by atomic mass is 19.4. The molecule has 4 aromatic rings. The van der Waals surface area contributed by atoms with Gasteiger partial charge in [-0.3, -0.25) is 14.8 Å². The smallest absolute Gasteiger partial charge is 0.410 e. The highest BCUT2D eigenvalue weighted by Crippen LogP contribution is 2.37. The number of likely N-dealkylation sites (tertiary alicyclic amines) is 1. The third-order valence-corrected chi connectivity index (χ3v) is 7.73. The standard InChI is InChI=1S/C30H27F6N7O4/c1-3-23-11-25(17-42(23)28(44)47-26-6-4-24(5-7-26)43(45)46)41(27-37-12-19(13-38-27)20-14-39-40(2)16-20)15-18-8-21(29(31,32)33)10-22(9-18)30(34,35)36/h4-10,12-14,16,23,25H,3,11,15,17H2,1-2H3/t23-,25+/m1/s1. The van der Waals surface area contributed by atoms with Crippen LogP contribution in [0.3, 0.4) is 0 Å². The first kappa shape index (κ1) is 33.2. The van der Waals surface area contributed by atoms with Crippen molar-refractivity contribution in [1.82, 2.24) is 24.6 Å². The minimum Gasteiger partial charge on any atom is -0.410 e. The van der Waals surface area contributed by atoms with E-state index in [1.54, 1.807) is 24.1 Å². The molecule has 0 unspecified atom stereocenters. The normalized spacial score (nSPS) is 16.7. The minimum absolute atomic E-state index is 0.0223. The van der Waals surface area contributed by atoms with Crippen molar-refractivity contribution in [3.05, 3.63) is 94.1 Å². The molecule has 0 aliphatic carbocycles. The summed E-state index contributed by atoms with van der Waals surface area (Å²) in [5.41, 5.74) is -2.14. The van der Waals surface area contributed by atoms with Crippen LogP contribution in [-0.4, -0.2) is 54.3 Å². The molecule has 2 aromatic carbocycles. The Bertz CT molecular complexity index is 1710. The average Bonchev–Trinajstić information content (AvgIpc) is 3.66. The lowest BCUT2D eigenvalue weighted by Crippen LogP contribution is -2.41. The Kier molecular flexibility index (Phi) is 9.09. The molecule has 0 N–H and O–H groups in total. The van der Waals surface area contributed by atoms with E-state index in [0.29, 0.717) is 29.7 Å². The Morgan fingerprint density at radius 2 is 1.62 bits per heavy atom. The second-order valence-corrected chi connectivity index (χ2v) is 10.9. The summed E-state index contributed by atoms with van der Waals surface area (Å²) in [5.74, 6) is 0.0720. The number of halogens is 6. The number of nitrogens with zero attached hydrogens (tertiary/aromatic N) is 7. The van der Waals surface area contributed by atoms with Crippen molar-refractivity contribution in [1.29, 1.82) is 0 Å². The Morgan fingerprint density at radius 1 is 1.00 bits per heavy atom. The van der Waals surface area contributed by atoms with E-state index in [9.17, 15) is 41.3 Å². The van der Waals surface area contributed by atoms with Crippen LogP contribution in [0.4, 0.5) is 42.8 Å². The number of non-ortho nitro benzene ring substituents is 1. The van der Waals surface area contributed by atoms with Crippen molar-refractivity contribution < 1.29 is 40.8 Å². The molecule has 1 aliphatic rings. The van der Waals surface area contributed by atoms with Gasteiger partial charge in [-0.2, -0.15) is 31.4 Å². The van der Waals surface area contributed by atoms with Crippen molar-refractivity contribution in [2.45, 2.75) is 50.7 Å². The van der Waals surface area contributed by atoms with Crippen molar-refractivity contribution in [2.75, 3.05) is 11.4 Å². The number of hydrogen-bond acceptors (Lipinski definition) is 8. The second kappa shape index (κ2) is 12.9. The van der Waals surface area contributed by atoms with Gasteiger partial charge in [-0.25, -0.2) is 14.8 Å². The van der Waals surface area contributed by atoms with Crippen LogP contribution in [0, 0.1) is 10.1 Å². The van der Waals surface area contributed by atoms with Gasteiger partial charge in [0.05, 0.1) is 28.3 Å². The highest BCUT2D eigenvalue weighted by Gasteiger charge is 2.41. The van der Waals surface area contributed by atoms with E-state index in [2.05, 4.69) is 15.1 Å². The predicted molar refractivity (Wildman–Crippen MR) is 155 cm³/mol. The zero-order valence-electron chi connectivity index (χ0n) is 24.9. The lowest BCUT2D eigenvalue weighted by molar-refractivity contribution is -0.384. The van der Waals surface area contributed by atoms with Crippen LogP contribution in [0.2, 0.25) is 0 Å². The van der Waals surface area contributed by atoms with Crippen molar-refractivity contribution >= 4 is 17.7 Å². The molecule has 2 aromatic heterocycles. The zero-order valence-corrected chi connectivity index (χ0v) is 24.9. The summed E-state index contributed by atoms with van der Waals surface area (Å²) < 4.78 is 89.1. The zero-order chi connectivity index (χ0) is 34.1. The fourth-order valence-electron chi connectivity index (χ4n) is 5.38. The largest absolute Gasteiger partial charge is 0.416 e. The Morgan fingerprint density at radius 3 is 2.13 bits per heavy atom. The van der Waals surface area contributed by atoms with Crippen molar-refractivity contribution in [3.8, 4) is 16.9 Å². The van der Waals surface area contributed by atoms with Gasteiger partial charge < -0.3 is 14.5 Å². The van der Waals surface area contributed by atoms with Crippen LogP contribution >= 0.6 is 0 Å². The quantitative estimate of drug-likeness (QED) is 0.114. The van der Waals surface area contributed by atoms with E-state index in [4.69, 9.17) is 4.74 Å². The van der Waals surface area contributed by atoms with Crippen molar-refractivity contribution in [2.24, 2.45) is 7.05 Å². The summed E-state index contributed by atoms with van der Waals surface area (Å²) in [6.45, 7) is 1.35. The number of benzene rings is 2. The molecule has 1 fully saturated rings. The number of nitro groups is 1. The summed E-state index contributed by atoms with van der Waals surface area (Å²) in [7, 11) is 1.72. The molecule has 47 heavy (non-hydrogen) atoms. The van der Waals surface area contributed by atoms with Gasteiger partial charge in [-0.1, -0.05) is 6.92 Å². The van der Waals surface area contributed by atoms with Crippen LogP contribution in [0.5, 0.6) is 5.75 Å². The molecule has 11 nitrogen and oxygen atoms in total. The number of alkyl halides is 6. The lowest BCUT2D eigenvalue weighted by Gasteiger charge is -2.29. The molecule has 0 radical (unpaired) electrons. The fourth-order valence-corrected chi connectivity index (χ4v) is 5.38. The monoisotopic (exact) mass is 663 g/mol. The SMILES string of the molecule is CC[C@@H]1C[C@H](N(Cc2cc(C(F)(F)F)cc(C(F)(F)F)c2)c2ncc(-c3cnn(C)c3)cn2)CN1C(=O)Oc1ccc([N+](=O)[O-])cc1. The van der Waals surface area contributed by atoms with Gasteiger partial charge in [-0.15, -0.1) is 0 Å².